The van der Waals surface area contributed by atoms with E-state index in [2.05, 4.69) is 5.32 Å². The Bertz CT molecular complexity index is 899. The number of amides is 1. The molecular formula is C18H20Cl2N2O3S. The third kappa shape index (κ3) is 4.69. The highest BCUT2D eigenvalue weighted by Gasteiger charge is 2.31. The summed E-state index contributed by atoms with van der Waals surface area (Å²) < 4.78 is 25.9. The van der Waals surface area contributed by atoms with Crippen LogP contribution in [0.1, 0.15) is 18.9 Å². The molecule has 140 valence electrons. The number of rotatable bonds is 6. The molecule has 0 bridgehead atoms. The minimum absolute atomic E-state index is 0.293. The van der Waals surface area contributed by atoms with Gasteiger partial charge >= 0.3 is 0 Å². The molecule has 2 aromatic carbocycles. The maximum absolute atomic E-state index is 12.8. The van der Waals surface area contributed by atoms with Crippen molar-refractivity contribution in [1.29, 1.82) is 0 Å². The summed E-state index contributed by atoms with van der Waals surface area (Å²) in [5.41, 5.74) is 1.64. The predicted octanol–water partition coefficient (Wildman–Crippen LogP) is 4.49. The van der Waals surface area contributed by atoms with Gasteiger partial charge in [0.2, 0.25) is 15.9 Å². The first-order valence-corrected chi connectivity index (χ1v) is 10.6. The van der Waals surface area contributed by atoms with Crippen LogP contribution in [0.4, 0.5) is 11.4 Å². The number of benzene rings is 2. The summed E-state index contributed by atoms with van der Waals surface area (Å²) in [5.74, 6) is -0.432. The van der Waals surface area contributed by atoms with Crippen molar-refractivity contribution < 1.29 is 13.2 Å². The zero-order valence-corrected chi connectivity index (χ0v) is 17.0. The van der Waals surface area contributed by atoms with Gasteiger partial charge in [-0.15, -0.1) is 0 Å². The summed E-state index contributed by atoms with van der Waals surface area (Å²) in [4.78, 5) is 12.8. The van der Waals surface area contributed by atoms with Crippen LogP contribution in [0, 0.1) is 6.92 Å². The van der Waals surface area contributed by atoms with E-state index < -0.39 is 22.0 Å². The number of nitrogens with zero attached hydrogens (tertiary/aromatic N) is 1. The average Bonchev–Trinajstić information content (AvgIpc) is 2.56. The lowest BCUT2D eigenvalue weighted by molar-refractivity contribution is -0.117. The van der Waals surface area contributed by atoms with E-state index in [1.165, 1.54) is 0 Å². The van der Waals surface area contributed by atoms with E-state index in [9.17, 15) is 13.2 Å². The SMILES string of the molecule is CC[C@H](C(=O)Nc1cccc(Cl)c1C)N(c1ccc(Cl)cc1)S(C)(=O)=O. The molecule has 0 heterocycles. The Balaban J connectivity index is 2.40. The van der Waals surface area contributed by atoms with Gasteiger partial charge in [0, 0.05) is 15.7 Å². The Hall–Kier alpha value is -1.76. The lowest BCUT2D eigenvalue weighted by atomic mass is 10.1. The number of carbonyl (C=O) groups is 1. The summed E-state index contributed by atoms with van der Waals surface area (Å²) >= 11 is 12.0. The topological polar surface area (TPSA) is 66.5 Å². The summed E-state index contributed by atoms with van der Waals surface area (Å²) in [6, 6.07) is 10.6. The van der Waals surface area contributed by atoms with Crippen LogP contribution in [-0.4, -0.2) is 26.6 Å². The van der Waals surface area contributed by atoms with E-state index in [4.69, 9.17) is 23.2 Å². The van der Waals surface area contributed by atoms with Gasteiger partial charge in [-0.3, -0.25) is 9.10 Å². The van der Waals surface area contributed by atoms with E-state index in [1.807, 2.05) is 0 Å². The first-order chi connectivity index (χ1) is 12.1. The molecule has 8 heteroatoms. The smallest absolute Gasteiger partial charge is 0.248 e. The molecule has 2 aromatic rings. The van der Waals surface area contributed by atoms with Crippen molar-refractivity contribution in [3.63, 3.8) is 0 Å². The molecular weight excluding hydrogens is 395 g/mol. The first-order valence-electron chi connectivity index (χ1n) is 7.96. The van der Waals surface area contributed by atoms with Crippen LogP contribution in [0.15, 0.2) is 42.5 Å². The van der Waals surface area contributed by atoms with Gasteiger partial charge in [-0.1, -0.05) is 36.2 Å². The van der Waals surface area contributed by atoms with Crippen LogP contribution in [-0.2, 0) is 14.8 Å². The molecule has 1 N–H and O–H groups in total. The molecule has 0 saturated carbocycles. The van der Waals surface area contributed by atoms with Crippen molar-refractivity contribution in [3.05, 3.63) is 58.1 Å². The lowest BCUT2D eigenvalue weighted by Gasteiger charge is -2.30. The number of halogens is 2. The Morgan fingerprint density at radius 3 is 2.31 bits per heavy atom. The van der Waals surface area contributed by atoms with Crippen LogP contribution in [0.2, 0.25) is 10.0 Å². The predicted molar refractivity (Wildman–Crippen MR) is 108 cm³/mol. The maximum atomic E-state index is 12.8. The van der Waals surface area contributed by atoms with Crippen LogP contribution >= 0.6 is 23.2 Å². The van der Waals surface area contributed by atoms with E-state index >= 15 is 0 Å². The van der Waals surface area contributed by atoms with Crippen molar-refractivity contribution in [3.8, 4) is 0 Å². The molecule has 5 nitrogen and oxygen atoms in total. The van der Waals surface area contributed by atoms with Crippen molar-refractivity contribution in [2.24, 2.45) is 0 Å². The molecule has 0 spiro atoms. The second-order valence-electron chi connectivity index (χ2n) is 5.86. The van der Waals surface area contributed by atoms with Gasteiger partial charge in [-0.2, -0.15) is 0 Å². The summed E-state index contributed by atoms with van der Waals surface area (Å²) in [7, 11) is -3.69. The maximum Gasteiger partial charge on any atom is 0.248 e. The van der Waals surface area contributed by atoms with E-state index in [-0.39, 0.29) is 0 Å². The molecule has 1 amide bonds. The standard InChI is InChI=1S/C18H20Cl2N2O3S/c1-4-17(18(23)21-16-7-5-6-15(20)12(16)2)22(26(3,24)25)14-10-8-13(19)9-11-14/h5-11,17H,4H2,1-3H3,(H,21,23)/t17-/m1/s1. The molecule has 0 fully saturated rings. The van der Waals surface area contributed by atoms with Gasteiger partial charge < -0.3 is 5.32 Å². The fraction of sp³-hybridized carbons (Fsp3) is 0.278. The molecule has 2 rings (SSSR count). The molecule has 0 aliphatic rings. The second-order valence-corrected chi connectivity index (χ2v) is 8.56. The number of sulfonamides is 1. The zero-order chi connectivity index (χ0) is 19.5. The van der Waals surface area contributed by atoms with Crippen LogP contribution in [0.5, 0.6) is 0 Å². The van der Waals surface area contributed by atoms with Gasteiger partial charge in [-0.25, -0.2) is 8.42 Å². The molecule has 0 radical (unpaired) electrons. The number of carbonyl (C=O) groups excluding carboxylic acids is 1. The number of anilines is 2. The highest BCUT2D eigenvalue weighted by molar-refractivity contribution is 7.92. The molecule has 0 unspecified atom stereocenters. The Morgan fingerprint density at radius 1 is 1.15 bits per heavy atom. The molecule has 0 aliphatic carbocycles. The van der Waals surface area contributed by atoms with E-state index in [1.54, 1.807) is 56.3 Å². The second kappa shape index (κ2) is 8.29. The van der Waals surface area contributed by atoms with Crippen molar-refractivity contribution >= 4 is 50.5 Å². The van der Waals surface area contributed by atoms with Crippen LogP contribution in [0.25, 0.3) is 0 Å². The Labute approximate surface area is 164 Å². The normalized spacial score (nSPS) is 12.5. The van der Waals surface area contributed by atoms with Gasteiger partial charge in [0.25, 0.3) is 0 Å². The number of hydrogen-bond donors (Lipinski definition) is 1. The molecule has 26 heavy (non-hydrogen) atoms. The zero-order valence-electron chi connectivity index (χ0n) is 14.7. The third-order valence-electron chi connectivity index (χ3n) is 3.94. The highest BCUT2D eigenvalue weighted by atomic mass is 35.5. The van der Waals surface area contributed by atoms with Gasteiger partial charge in [0.1, 0.15) is 6.04 Å². The van der Waals surface area contributed by atoms with Gasteiger partial charge in [0.05, 0.1) is 11.9 Å². The van der Waals surface area contributed by atoms with Crippen molar-refractivity contribution in [2.75, 3.05) is 15.9 Å². The van der Waals surface area contributed by atoms with E-state index in [0.717, 1.165) is 16.1 Å². The van der Waals surface area contributed by atoms with Crippen LogP contribution < -0.4 is 9.62 Å². The molecule has 1 atom stereocenters. The number of nitrogens with one attached hydrogen (secondary N) is 1. The fourth-order valence-electron chi connectivity index (χ4n) is 2.61. The Kier molecular flexibility index (Phi) is 6.55. The molecule has 0 aromatic heterocycles. The van der Waals surface area contributed by atoms with Crippen molar-refractivity contribution in [2.45, 2.75) is 26.3 Å². The summed E-state index contributed by atoms with van der Waals surface area (Å²) in [6.45, 7) is 3.54. The van der Waals surface area contributed by atoms with Crippen LogP contribution in [0.3, 0.4) is 0 Å². The average molecular weight is 415 g/mol. The third-order valence-corrected chi connectivity index (χ3v) is 5.78. The first kappa shape index (κ1) is 20.6. The Morgan fingerprint density at radius 2 is 1.77 bits per heavy atom. The van der Waals surface area contributed by atoms with E-state index in [0.29, 0.717) is 27.8 Å². The largest absolute Gasteiger partial charge is 0.324 e. The summed E-state index contributed by atoms with van der Waals surface area (Å²) in [5, 5.41) is 3.78. The fourth-order valence-corrected chi connectivity index (χ4v) is 4.12. The van der Waals surface area contributed by atoms with Gasteiger partial charge in [-0.05, 0) is 55.3 Å². The minimum atomic E-state index is -3.69. The minimum Gasteiger partial charge on any atom is -0.324 e. The quantitative estimate of drug-likeness (QED) is 0.756. The summed E-state index contributed by atoms with van der Waals surface area (Å²) in [6.07, 6.45) is 1.36. The molecule has 0 aliphatic heterocycles. The van der Waals surface area contributed by atoms with Gasteiger partial charge in [0.15, 0.2) is 0 Å². The molecule has 0 saturated heterocycles. The highest BCUT2D eigenvalue weighted by Crippen LogP contribution is 2.27. The number of hydrogen-bond acceptors (Lipinski definition) is 3. The van der Waals surface area contributed by atoms with Crippen molar-refractivity contribution in [1.82, 2.24) is 0 Å². The monoisotopic (exact) mass is 414 g/mol. The lowest BCUT2D eigenvalue weighted by Crippen LogP contribution is -2.47.